The maximum atomic E-state index is 14.4. The van der Waals surface area contributed by atoms with Gasteiger partial charge in [0.25, 0.3) is 5.91 Å². The molecule has 0 saturated heterocycles. The summed E-state index contributed by atoms with van der Waals surface area (Å²) >= 11 is 0. The first kappa shape index (κ1) is 18.3. The van der Waals surface area contributed by atoms with Gasteiger partial charge in [-0.1, -0.05) is 55.0 Å². The molecule has 0 N–H and O–H groups in total. The number of amides is 1. The molecular weight excluding hydrogens is 329 g/mol. The molecule has 0 bridgehead atoms. The highest BCUT2D eigenvalue weighted by atomic mass is 19.1. The van der Waals surface area contributed by atoms with Crippen LogP contribution in [-0.2, 0) is 4.79 Å². The zero-order valence-corrected chi connectivity index (χ0v) is 15.4. The van der Waals surface area contributed by atoms with E-state index >= 15 is 0 Å². The lowest BCUT2D eigenvalue weighted by atomic mass is 9.97. The van der Waals surface area contributed by atoms with Crippen LogP contribution in [0.1, 0.15) is 36.1 Å². The Morgan fingerprint density at radius 2 is 1.92 bits per heavy atom. The number of hydrogen-bond acceptors (Lipinski definition) is 3. The fraction of sp³-hybridized carbons (Fsp3) is 0.333. The summed E-state index contributed by atoms with van der Waals surface area (Å²) in [5, 5.41) is 6.04. The molecule has 0 aromatic heterocycles. The molecule has 4 nitrogen and oxygen atoms in total. The van der Waals surface area contributed by atoms with E-state index in [0.717, 1.165) is 23.4 Å². The van der Waals surface area contributed by atoms with Crippen LogP contribution in [0.2, 0.25) is 0 Å². The van der Waals surface area contributed by atoms with Gasteiger partial charge in [0.05, 0.1) is 18.3 Å². The lowest BCUT2D eigenvalue weighted by Gasteiger charge is -2.24. The Labute approximate surface area is 153 Å². The van der Waals surface area contributed by atoms with Gasteiger partial charge in [-0.3, -0.25) is 9.69 Å². The summed E-state index contributed by atoms with van der Waals surface area (Å²) in [7, 11) is 1.89. The van der Waals surface area contributed by atoms with Gasteiger partial charge in [-0.05, 0) is 32.1 Å². The monoisotopic (exact) mass is 353 g/mol. The fourth-order valence-corrected chi connectivity index (χ4v) is 3.06. The van der Waals surface area contributed by atoms with Gasteiger partial charge < -0.3 is 0 Å². The number of likely N-dealkylation sites (N-methyl/N-ethyl adjacent to an activating group) is 1. The summed E-state index contributed by atoms with van der Waals surface area (Å²) in [6.07, 6.45) is 0.506. The highest BCUT2D eigenvalue weighted by Gasteiger charge is 2.34. The van der Waals surface area contributed by atoms with Crippen molar-refractivity contribution in [2.75, 3.05) is 20.1 Å². The number of carbonyl (C=O) groups excluding carboxylic acids is 1. The minimum Gasteiger partial charge on any atom is -0.298 e. The van der Waals surface area contributed by atoms with E-state index < -0.39 is 6.04 Å². The molecule has 0 aliphatic carbocycles. The molecule has 2 aromatic carbocycles. The second kappa shape index (κ2) is 7.79. The van der Waals surface area contributed by atoms with Gasteiger partial charge in [-0.25, -0.2) is 9.40 Å². The van der Waals surface area contributed by atoms with E-state index in [1.165, 1.54) is 11.1 Å². The van der Waals surface area contributed by atoms with E-state index in [4.69, 9.17) is 0 Å². The smallest absolute Gasteiger partial charge is 0.257 e. The molecule has 1 atom stereocenters. The van der Waals surface area contributed by atoms with Crippen molar-refractivity contribution in [3.05, 3.63) is 71.0 Å². The zero-order chi connectivity index (χ0) is 18.7. The van der Waals surface area contributed by atoms with Gasteiger partial charge >= 0.3 is 0 Å². The van der Waals surface area contributed by atoms with Crippen LogP contribution in [0.3, 0.4) is 0 Å². The van der Waals surface area contributed by atoms with Crippen LogP contribution in [0, 0.1) is 12.7 Å². The van der Waals surface area contributed by atoms with Crippen molar-refractivity contribution in [1.29, 1.82) is 0 Å². The van der Waals surface area contributed by atoms with Crippen molar-refractivity contribution in [1.82, 2.24) is 9.91 Å². The van der Waals surface area contributed by atoms with Gasteiger partial charge in [-0.15, -0.1) is 0 Å². The molecule has 0 spiro atoms. The molecule has 0 fully saturated rings. The molecule has 5 heteroatoms. The number of rotatable bonds is 5. The molecule has 136 valence electrons. The van der Waals surface area contributed by atoms with Crippen LogP contribution in [-0.4, -0.2) is 41.7 Å². The third-order valence-corrected chi connectivity index (χ3v) is 4.76. The van der Waals surface area contributed by atoms with Crippen molar-refractivity contribution < 1.29 is 9.18 Å². The van der Waals surface area contributed by atoms with Crippen LogP contribution in [0.15, 0.2) is 53.6 Å². The SMILES string of the molecule is CCN(C)CC(=O)N1N=C(c2ccc(C)cc2)CC1c1ccccc1F. The molecule has 1 aliphatic rings. The van der Waals surface area contributed by atoms with E-state index in [-0.39, 0.29) is 18.3 Å². The number of nitrogens with zero attached hydrogens (tertiary/aromatic N) is 3. The first-order valence-electron chi connectivity index (χ1n) is 8.89. The number of aryl methyl sites for hydroxylation is 1. The first-order chi connectivity index (χ1) is 12.5. The van der Waals surface area contributed by atoms with Crippen molar-refractivity contribution in [2.24, 2.45) is 5.10 Å². The quantitative estimate of drug-likeness (QED) is 0.820. The Morgan fingerprint density at radius 3 is 2.58 bits per heavy atom. The minimum atomic E-state index is -0.412. The highest BCUT2D eigenvalue weighted by Crippen LogP contribution is 2.34. The number of halogens is 1. The predicted molar refractivity (Wildman–Crippen MR) is 101 cm³/mol. The predicted octanol–water partition coefficient (Wildman–Crippen LogP) is 3.76. The molecule has 1 heterocycles. The number of hydrazone groups is 1. The summed E-state index contributed by atoms with van der Waals surface area (Å²) in [5.41, 5.74) is 3.45. The summed E-state index contributed by atoms with van der Waals surface area (Å²) in [5.74, 6) is -0.427. The summed E-state index contributed by atoms with van der Waals surface area (Å²) in [6, 6.07) is 14.2. The van der Waals surface area contributed by atoms with Crippen molar-refractivity contribution in [2.45, 2.75) is 26.3 Å². The van der Waals surface area contributed by atoms with Crippen LogP contribution in [0.4, 0.5) is 4.39 Å². The topological polar surface area (TPSA) is 35.9 Å². The van der Waals surface area contributed by atoms with E-state index in [1.54, 1.807) is 18.2 Å². The highest BCUT2D eigenvalue weighted by molar-refractivity contribution is 6.03. The molecule has 1 amide bonds. The Kier molecular flexibility index (Phi) is 5.47. The lowest BCUT2D eigenvalue weighted by Crippen LogP contribution is -2.36. The van der Waals surface area contributed by atoms with Crippen LogP contribution >= 0.6 is 0 Å². The van der Waals surface area contributed by atoms with Crippen LogP contribution in [0.5, 0.6) is 0 Å². The van der Waals surface area contributed by atoms with Crippen molar-refractivity contribution >= 4 is 11.6 Å². The maximum Gasteiger partial charge on any atom is 0.257 e. The molecule has 0 saturated carbocycles. The molecular formula is C21H24FN3O. The van der Waals surface area contributed by atoms with Gasteiger partial charge in [0.15, 0.2) is 0 Å². The standard InChI is InChI=1S/C21H24FN3O/c1-4-24(3)14-21(26)25-20(17-7-5-6-8-18(17)22)13-19(23-25)16-11-9-15(2)10-12-16/h5-12,20H,4,13-14H2,1-3H3. The average molecular weight is 353 g/mol. The van der Waals surface area contributed by atoms with E-state index in [1.807, 2.05) is 50.1 Å². The largest absolute Gasteiger partial charge is 0.298 e. The molecule has 3 rings (SSSR count). The fourth-order valence-electron chi connectivity index (χ4n) is 3.06. The molecule has 26 heavy (non-hydrogen) atoms. The number of carbonyl (C=O) groups is 1. The van der Waals surface area contributed by atoms with E-state index in [9.17, 15) is 9.18 Å². The van der Waals surface area contributed by atoms with Crippen molar-refractivity contribution in [3.63, 3.8) is 0 Å². The van der Waals surface area contributed by atoms with Gasteiger partial charge in [0.2, 0.25) is 0 Å². The summed E-state index contributed by atoms with van der Waals surface area (Å²) in [6.45, 7) is 5.04. The molecule has 0 radical (unpaired) electrons. The molecule has 2 aromatic rings. The van der Waals surface area contributed by atoms with Crippen LogP contribution in [0.25, 0.3) is 0 Å². The first-order valence-corrected chi connectivity index (χ1v) is 8.89. The van der Waals surface area contributed by atoms with E-state index in [2.05, 4.69) is 5.10 Å². The third kappa shape index (κ3) is 3.83. The Balaban J connectivity index is 1.94. The van der Waals surface area contributed by atoms with E-state index in [0.29, 0.717) is 12.0 Å². The molecule has 1 unspecified atom stereocenters. The molecule has 1 aliphatic heterocycles. The normalized spacial score (nSPS) is 16.9. The number of hydrogen-bond donors (Lipinski definition) is 0. The zero-order valence-electron chi connectivity index (χ0n) is 15.4. The van der Waals surface area contributed by atoms with Gasteiger partial charge in [0.1, 0.15) is 5.82 Å². The van der Waals surface area contributed by atoms with Crippen molar-refractivity contribution in [3.8, 4) is 0 Å². The lowest BCUT2D eigenvalue weighted by molar-refractivity contribution is -0.133. The minimum absolute atomic E-state index is 0.121. The summed E-state index contributed by atoms with van der Waals surface area (Å²) in [4.78, 5) is 14.7. The van der Waals surface area contributed by atoms with Gasteiger partial charge in [-0.2, -0.15) is 5.10 Å². The number of benzene rings is 2. The maximum absolute atomic E-state index is 14.4. The Morgan fingerprint density at radius 1 is 1.23 bits per heavy atom. The second-order valence-electron chi connectivity index (χ2n) is 6.72. The Hall–Kier alpha value is -2.53. The van der Waals surface area contributed by atoms with Gasteiger partial charge in [0, 0.05) is 12.0 Å². The second-order valence-corrected chi connectivity index (χ2v) is 6.72. The summed E-state index contributed by atoms with van der Waals surface area (Å²) < 4.78 is 14.4. The third-order valence-electron chi connectivity index (χ3n) is 4.76. The average Bonchev–Trinajstić information content (AvgIpc) is 3.07. The Bertz CT molecular complexity index is 816. The van der Waals surface area contributed by atoms with Crippen LogP contribution < -0.4 is 0 Å².